The largest absolute Gasteiger partial charge is 0.492 e. The van der Waals surface area contributed by atoms with Crippen molar-refractivity contribution in [3.8, 4) is 5.75 Å². The molecule has 4 nitrogen and oxygen atoms in total. The van der Waals surface area contributed by atoms with Crippen LogP contribution in [0.1, 0.15) is 18.5 Å². The monoisotopic (exact) mass is 368 g/mol. The first-order valence-electron chi connectivity index (χ1n) is 7.54. The van der Waals surface area contributed by atoms with Crippen molar-refractivity contribution in [2.24, 2.45) is 11.7 Å². The minimum atomic E-state index is -0.329. The number of carbonyl (C=O) groups is 1. The lowest BCUT2D eigenvalue weighted by atomic mass is 9.95. The van der Waals surface area contributed by atoms with Gasteiger partial charge in [-0.1, -0.05) is 54.9 Å². The summed E-state index contributed by atoms with van der Waals surface area (Å²) in [4.78, 5) is 12.2. The number of nitrogens with two attached hydrogens (primary N) is 1. The van der Waals surface area contributed by atoms with Crippen LogP contribution in [0.15, 0.2) is 54.6 Å². The first kappa shape index (κ1) is 20.3. The molecule has 0 fully saturated rings. The molecule has 24 heavy (non-hydrogen) atoms. The van der Waals surface area contributed by atoms with Crippen LogP contribution in [-0.2, 0) is 4.79 Å². The van der Waals surface area contributed by atoms with Gasteiger partial charge in [0.05, 0.1) is 12.5 Å². The fraction of sp³-hybridized carbons (Fsp3) is 0.278. The molecule has 0 aliphatic carbocycles. The second kappa shape index (κ2) is 10.2. The molecule has 1 amide bonds. The highest BCUT2D eigenvalue weighted by Crippen LogP contribution is 2.19. The van der Waals surface area contributed by atoms with E-state index in [0.29, 0.717) is 23.9 Å². The van der Waals surface area contributed by atoms with Gasteiger partial charge in [0.1, 0.15) is 12.4 Å². The molecule has 2 aromatic rings. The summed E-state index contributed by atoms with van der Waals surface area (Å²) in [5.74, 6) is 0.278. The number of benzene rings is 2. The molecule has 6 heteroatoms. The molecule has 0 heterocycles. The number of nitrogens with one attached hydrogen (secondary N) is 1. The van der Waals surface area contributed by atoms with Crippen molar-refractivity contribution in [3.05, 3.63) is 65.2 Å². The number of hydrogen-bond donors (Lipinski definition) is 2. The molecular formula is C18H22Cl2N2O2. The Morgan fingerprint density at radius 3 is 2.58 bits per heavy atom. The van der Waals surface area contributed by atoms with E-state index in [0.717, 1.165) is 5.56 Å². The summed E-state index contributed by atoms with van der Waals surface area (Å²) in [6.07, 6.45) is 0. The zero-order valence-corrected chi connectivity index (χ0v) is 15.0. The van der Waals surface area contributed by atoms with E-state index < -0.39 is 0 Å². The van der Waals surface area contributed by atoms with E-state index in [1.807, 2.05) is 49.4 Å². The average Bonchev–Trinajstić information content (AvgIpc) is 2.58. The zero-order chi connectivity index (χ0) is 16.7. The van der Waals surface area contributed by atoms with Gasteiger partial charge in [-0.25, -0.2) is 0 Å². The minimum Gasteiger partial charge on any atom is -0.492 e. The van der Waals surface area contributed by atoms with Crippen molar-refractivity contribution >= 4 is 29.9 Å². The Kier molecular flexibility index (Phi) is 8.61. The van der Waals surface area contributed by atoms with Crippen molar-refractivity contribution in [1.82, 2.24) is 5.32 Å². The SMILES string of the molecule is CC(C(=O)NCCOc1cccc(Cl)c1)C(N)c1ccccc1.Cl. The smallest absolute Gasteiger partial charge is 0.224 e. The molecule has 0 bridgehead atoms. The summed E-state index contributed by atoms with van der Waals surface area (Å²) < 4.78 is 5.53. The third-order valence-electron chi connectivity index (χ3n) is 3.60. The molecule has 0 spiro atoms. The molecule has 0 aromatic heterocycles. The van der Waals surface area contributed by atoms with Gasteiger partial charge in [0, 0.05) is 11.1 Å². The lowest BCUT2D eigenvalue weighted by Gasteiger charge is -2.19. The van der Waals surface area contributed by atoms with Crippen molar-refractivity contribution in [2.45, 2.75) is 13.0 Å². The molecule has 0 aliphatic heterocycles. The van der Waals surface area contributed by atoms with E-state index in [4.69, 9.17) is 22.1 Å². The van der Waals surface area contributed by atoms with Gasteiger partial charge in [0.25, 0.3) is 0 Å². The summed E-state index contributed by atoms with van der Waals surface area (Å²) in [5.41, 5.74) is 7.09. The van der Waals surface area contributed by atoms with Gasteiger partial charge in [-0.3, -0.25) is 4.79 Å². The molecule has 2 unspecified atom stereocenters. The first-order chi connectivity index (χ1) is 11.1. The lowest BCUT2D eigenvalue weighted by Crippen LogP contribution is -2.37. The van der Waals surface area contributed by atoms with Gasteiger partial charge in [-0.2, -0.15) is 0 Å². The molecule has 2 atom stereocenters. The molecule has 0 saturated carbocycles. The third kappa shape index (κ3) is 6.04. The minimum absolute atomic E-state index is 0. The van der Waals surface area contributed by atoms with E-state index >= 15 is 0 Å². The highest BCUT2D eigenvalue weighted by atomic mass is 35.5. The van der Waals surface area contributed by atoms with Gasteiger partial charge >= 0.3 is 0 Å². The van der Waals surface area contributed by atoms with Crippen molar-refractivity contribution in [2.75, 3.05) is 13.2 Å². The van der Waals surface area contributed by atoms with Crippen molar-refractivity contribution < 1.29 is 9.53 Å². The highest BCUT2D eigenvalue weighted by molar-refractivity contribution is 6.30. The summed E-state index contributed by atoms with van der Waals surface area (Å²) in [5, 5.41) is 3.46. The quantitative estimate of drug-likeness (QED) is 0.733. The van der Waals surface area contributed by atoms with Crippen LogP contribution in [0.25, 0.3) is 0 Å². The Labute approximate surface area is 153 Å². The third-order valence-corrected chi connectivity index (χ3v) is 3.84. The van der Waals surface area contributed by atoms with E-state index in [9.17, 15) is 4.79 Å². The second-order valence-electron chi connectivity index (χ2n) is 5.32. The van der Waals surface area contributed by atoms with Crippen LogP contribution >= 0.6 is 24.0 Å². The predicted octanol–water partition coefficient (Wildman–Crippen LogP) is 3.59. The molecule has 2 aromatic carbocycles. The maximum atomic E-state index is 12.2. The average molecular weight is 369 g/mol. The normalized spacial score (nSPS) is 12.6. The van der Waals surface area contributed by atoms with Gasteiger partial charge in [-0.05, 0) is 23.8 Å². The zero-order valence-electron chi connectivity index (χ0n) is 13.4. The maximum Gasteiger partial charge on any atom is 0.224 e. The molecule has 0 radical (unpaired) electrons. The Morgan fingerprint density at radius 2 is 1.92 bits per heavy atom. The summed E-state index contributed by atoms with van der Waals surface area (Å²) in [6, 6.07) is 16.4. The number of hydrogen-bond acceptors (Lipinski definition) is 3. The van der Waals surface area contributed by atoms with Gasteiger partial charge in [-0.15, -0.1) is 12.4 Å². The molecule has 130 valence electrons. The van der Waals surface area contributed by atoms with Crippen LogP contribution in [0.3, 0.4) is 0 Å². The maximum absolute atomic E-state index is 12.2. The topological polar surface area (TPSA) is 64.3 Å². The second-order valence-corrected chi connectivity index (χ2v) is 5.76. The van der Waals surface area contributed by atoms with Crippen LogP contribution in [0.5, 0.6) is 5.75 Å². The highest BCUT2D eigenvalue weighted by Gasteiger charge is 2.21. The standard InChI is InChI=1S/C18H21ClN2O2.ClH/c1-13(17(20)14-6-3-2-4-7-14)18(22)21-10-11-23-16-9-5-8-15(19)12-16;/h2-9,12-13,17H,10-11,20H2,1H3,(H,21,22);1H. The summed E-state index contributed by atoms with van der Waals surface area (Å²) in [6.45, 7) is 2.61. The van der Waals surface area contributed by atoms with Crippen LogP contribution in [0.2, 0.25) is 5.02 Å². The first-order valence-corrected chi connectivity index (χ1v) is 7.92. The van der Waals surface area contributed by atoms with Crippen LogP contribution < -0.4 is 15.8 Å². The van der Waals surface area contributed by atoms with Crippen molar-refractivity contribution in [1.29, 1.82) is 0 Å². The van der Waals surface area contributed by atoms with Gasteiger partial charge in [0.15, 0.2) is 0 Å². The van der Waals surface area contributed by atoms with E-state index in [-0.39, 0.29) is 30.3 Å². The molecule has 2 rings (SSSR count). The van der Waals surface area contributed by atoms with E-state index in [1.54, 1.807) is 12.1 Å². The molecule has 0 saturated heterocycles. The number of ether oxygens (including phenoxy) is 1. The number of rotatable bonds is 7. The Bertz CT molecular complexity index is 638. The fourth-order valence-corrected chi connectivity index (χ4v) is 2.37. The molecule has 3 N–H and O–H groups in total. The van der Waals surface area contributed by atoms with Crippen LogP contribution in [-0.4, -0.2) is 19.1 Å². The van der Waals surface area contributed by atoms with E-state index in [2.05, 4.69) is 5.32 Å². The Balaban J connectivity index is 0.00000288. The predicted molar refractivity (Wildman–Crippen MR) is 99.7 cm³/mol. The molecule has 0 aliphatic rings. The molecular weight excluding hydrogens is 347 g/mol. The van der Waals surface area contributed by atoms with Crippen LogP contribution in [0.4, 0.5) is 0 Å². The summed E-state index contributed by atoms with van der Waals surface area (Å²) >= 11 is 5.88. The fourth-order valence-electron chi connectivity index (χ4n) is 2.19. The number of halogens is 2. The Morgan fingerprint density at radius 1 is 1.21 bits per heavy atom. The lowest BCUT2D eigenvalue weighted by molar-refractivity contribution is -0.125. The van der Waals surface area contributed by atoms with Crippen LogP contribution in [0, 0.1) is 5.92 Å². The number of carbonyl (C=O) groups excluding carboxylic acids is 1. The summed E-state index contributed by atoms with van der Waals surface area (Å²) in [7, 11) is 0. The number of amides is 1. The van der Waals surface area contributed by atoms with Gasteiger partial charge in [0.2, 0.25) is 5.91 Å². The van der Waals surface area contributed by atoms with Gasteiger partial charge < -0.3 is 15.8 Å². The Hall–Kier alpha value is -1.75. The van der Waals surface area contributed by atoms with Crippen molar-refractivity contribution in [3.63, 3.8) is 0 Å². The van der Waals surface area contributed by atoms with E-state index in [1.165, 1.54) is 0 Å².